The second-order valence-electron chi connectivity index (χ2n) is 7.23. The summed E-state index contributed by atoms with van der Waals surface area (Å²) < 4.78 is 0. The summed E-state index contributed by atoms with van der Waals surface area (Å²) >= 11 is 0. The predicted octanol–water partition coefficient (Wildman–Crippen LogP) is 3.97. The molecule has 0 radical (unpaired) electrons. The highest BCUT2D eigenvalue weighted by atomic mass is 16.3. The van der Waals surface area contributed by atoms with E-state index in [1.165, 1.54) is 6.42 Å². The van der Waals surface area contributed by atoms with Crippen LogP contribution in [-0.4, -0.2) is 34.5 Å². The van der Waals surface area contributed by atoms with Gasteiger partial charge in [0.15, 0.2) is 0 Å². The summed E-state index contributed by atoms with van der Waals surface area (Å²) in [6, 6.07) is 8.07. The largest absolute Gasteiger partial charge is 0.387 e. The van der Waals surface area contributed by atoms with Crippen LogP contribution in [0.3, 0.4) is 0 Å². The van der Waals surface area contributed by atoms with Crippen molar-refractivity contribution >= 4 is 5.91 Å². The molecular formula is C19H26N4O2. The molecule has 1 N–H and O–H groups in total. The predicted molar refractivity (Wildman–Crippen MR) is 95.6 cm³/mol. The first-order valence-corrected chi connectivity index (χ1v) is 9.28. The van der Waals surface area contributed by atoms with Gasteiger partial charge in [-0.05, 0) is 42.7 Å². The first-order valence-electron chi connectivity index (χ1n) is 9.28. The Balaban J connectivity index is 1.81. The van der Waals surface area contributed by atoms with Gasteiger partial charge in [0.2, 0.25) is 5.91 Å². The van der Waals surface area contributed by atoms with E-state index >= 15 is 0 Å². The number of aliphatic hydroxyl groups is 1. The second kappa shape index (κ2) is 8.37. The lowest BCUT2D eigenvalue weighted by molar-refractivity contribution is -0.138. The van der Waals surface area contributed by atoms with E-state index in [9.17, 15) is 9.90 Å². The minimum absolute atomic E-state index is 0.209. The van der Waals surface area contributed by atoms with E-state index < -0.39 is 12.1 Å². The van der Waals surface area contributed by atoms with E-state index in [-0.39, 0.29) is 11.9 Å². The van der Waals surface area contributed by atoms with Crippen LogP contribution in [0.15, 0.2) is 35.4 Å². The standard InChI is InChI=1S/C19H26N4O2/c20-22-21-17(18(24)15-7-3-1-4-8-15)19(25)23(13-14-11-12-14)16-9-5-2-6-10-16/h1,3-4,7-8,14,16-18,24H,2,5-6,9-13H2/t17-,18+/m0/s1. The number of azide groups is 1. The van der Waals surface area contributed by atoms with Gasteiger partial charge < -0.3 is 10.0 Å². The number of carbonyl (C=O) groups is 1. The number of nitrogens with zero attached hydrogens (tertiary/aromatic N) is 4. The molecule has 1 aromatic carbocycles. The van der Waals surface area contributed by atoms with Gasteiger partial charge >= 0.3 is 0 Å². The van der Waals surface area contributed by atoms with Crippen molar-refractivity contribution in [1.82, 2.24) is 4.90 Å². The van der Waals surface area contributed by atoms with Gasteiger partial charge in [-0.3, -0.25) is 4.79 Å². The molecule has 6 nitrogen and oxygen atoms in total. The zero-order valence-corrected chi connectivity index (χ0v) is 14.5. The molecule has 1 amide bonds. The van der Waals surface area contributed by atoms with Crippen molar-refractivity contribution in [1.29, 1.82) is 0 Å². The van der Waals surface area contributed by atoms with Gasteiger partial charge in [-0.1, -0.05) is 54.7 Å². The van der Waals surface area contributed by atoms with E-state index in [1.54, 1.807) is 24.3 Å². The fourth-order valence-corrected chi connectivity index (χ4v) is 3.70. The molecule has 2 atom stereocenters. The molecule has 1 aromatic rings. The number of rotatable bonds is 7. The van der Waals surface area contributed by atoms with Crippen molar-refractivity contribution in [2.45, 2.75) is 63.1 Å². The van der Waals surface area contributed by atoms with Crippen molar-refractivity contribution in [3.63, 3.8) is 0 Å². The van der Waals surface area contributed by atoms with Gasteiger partial charge in [-0.25, -0.2) is 0 Å². The number of hydrogen-bond donors (Lipinski definition) is 1. The minimum atomic E-state index is -1.12. The highest BCUT2D eigenvalue weighted by molar-refractivity contribution is 5.83. The van der Waals surface area contributed by atoms with Crippen LogP contribution in [0.25, 0.3) is 10.4 Å². The summed E-state index contributed by atoms with van der Waals surface area (Å²) in [6.45, 7) is 0.725. The van der Waals surface area contributed by atoms with Gasteiger partial charge in [0.05, 0.1) is 6.10 Å². The molecule has 0 unspecified atom stereocenters. The Morgan fingerprint density at radius 2 is 1.88 bits per heavy atom. The zero-order valence-electron chi connectivity index (χ0n) is 14.5. The maximum Gasteiger partial charge on any atom is 0.234 e. The molecule has 2 fully saturated rings. The van der Waals surface area contributed by atoms with Crippen molar-refractivity contribution < 1.29 is 9.90 Å². The number of amides is 1. The molecule has 134 valence electrons. The van der Waals surface area contributed by atoms with Crippen LogP contribution in [0.2, 0.25) is 0 Å². The van der Waals surface area contributed by atoms with Crippen LogP contribution in [-0.2, 0) is 4.79 Å². The molecule has 2 aliphatic rings. The van der Waals surface area contributed by atoms with E-state index in [0.29, 0.717) is 11.5 Å². The van der Waals surface area contributed by atoms with Gasteiger partial charge in [0, 0.05) is 17.5 Å². The lowest BCUT2D eigenvalue weighted by Crippen LogP contribution is -2.48. The third-order valence-corrected chi connectivity index (χ3v) is 5.32. The molecule has 25 heavy (non-hydrogen) atoms. The van der Waals surface area contributed by atoms with Crippen LogP contribution in [0.4, 0.5) is 0 Å². The Bertz CT molecular complexity index is 620. The molecule has 0 bridgehead atoms. The molecule has 0 aliphatic heterocycles. The molecule has 0 heterocycles. The molecule has 6 heteroatoms. The van der Waals surface area contributed by atoms with E-state index in [2.05, 4.69) is 10.0 Å². The maximum atomic E-state index is 13.2. The maximum absolute atomic E-state index is 13.2. The van der Waals surface area contributed by atoms with E-state index in [4.69, 9.17) is 5.53 Å². The average molecular weight is 342 g/mol. The third kappa shape index (κ3) is 4.53. The lowest BCUT2D eigenvalue weighted by atomic mass is 9.92. The highest BCUT2D eigenvalue weighted by Crippen LogP contribution is 2.34. The van der Waals surface area contributed by atoms with Gasteiger partial charge in [0.1, 0.15) is 6.04 Å². The van der Waals surface area contributed by atoms with Crippen molar-refractivity contribution in [2.75, 3.05) is 6.54 Å². The fourth-order valence-electron chi connectivity index (χ4n) is 3.70. The molecule has 2 saturated carbocycles. The SMILES string of the molecule is [N-]=[N+]=N[C@H](C(=O)N(CC1CC1)C1CCCCC1)[C@H](O)c1ccccc1. The van der Waals surface area contributed by atoms with Gasteiger partial charge in [-0.2, -0.15) is 0 Å². The number of aliphatic hydroxyl groups excluding tert-OH is 1. The van der Waals surface area contributed by atoms with Crippen LogP contribution in [0, 0.1) is 5.92 Å². The Hall–Kier alpha value is -2.04. The van der Waals surface area contributed by atoms with Crippen LogP contribution in [0.5, 0.6) is 0 Å². The van der Waals surface area contributed by atoms with Crippen LogP contribution >= 0.6 is 0 Å². The molecule has 0 spiro atoms. The summed E-state index contributed by atoms with van der Waals surface area (Å²) in [7, 11) is 0. The topological polar surface area (TPSA) is 89.3 Å². The molecule has 0 saturated heterocycles. The zero-order chi connectivity index (χ0) is 17.6. The average Bonchev–Trinajstić information content (AvgIpc) is 3.49. The summed E-state index contributed by atoms with van der Waals surface area (Å²) in [5, 5.41) is 14.3. The van der Waals surface area contributed by atoms with Crippen LogP contribution in [0.1, 0.15) is 56.6 Å². The normalized spacial score (nSPS) is 20.4. The van der Waals surface area contributed by atoms with Gasteiger partial charge in [0.25, 0.3) is 0 Å². The molecule has 3 rings (SSSR count). The first-order chi connectivity index (χ1) is 12.2. The fraction of sp³-hybridized carbons (Fsp3) is 0.632. The van der Waals surface area contributed by atoms with E-state index in [0.717, 1.165) is 45.1 Å². The van der Waals surface area contributed by atoms with Crippen molar-refractivity contribution in [3.8, 4) is 0 Å². The lowest BCUT2D eigenvalue weighted by Gasteiger charge is -2.37. The van der Waals surface area contributed by atoms with Crippen molar-refractivity contribution in [2.24, 2.45) is 11.0 Å². The smallest absolute Gasteiger partial charge is 0.234 e. The van der Waals surface area contributed by atoms with Crippen LogP contribution < -0.4 is 0 Å². The number of benzene rings is 1. The third-order valence-electron chi connectivity index (χ3n) is 5.32. The second-order valence-corrected chi connectivity index (χ2v) is 7.23. The van der Waals surface area contributed by atoms with Gasteiger partial charge in [-0.15, -0.1) is 0 Å². The minimum Gasteiger partial charge on any atom is -0.387 e. The quantitative estimate of drug-likeness (QED) is 0.461. The molecule has 0 aromatic heterocycles. The monoisotopic (exact) mass is 342 g/mol. The Kier molecular flexibility index (Phi) is 5.95. The first kappa shape index (κ1) is 17.8. The Labute approximate surface area is 148 Å². The molecular weight excluding hydrogens is 316 g/mol. The highest BCUT2D eigenvalue weighted by Gasteiger charge is 2.37. The summed E-state index contributed by atoms with van der Waals surface area (Å²) in [5.41, 5.74) is 9.54. The number of carbonyl (C=O) groups excluding carboxylic acids is 1. The summed E-state index contributed by atoms with van der Waals surface area (Å²) in [5.74, 6) is 0.333. The van der Waals surface area contributed by atoms with E-state index in [1.807, 2.05) is 11.0 Å². The molecule has 2 aliphatic carbocycles. The summed E-state index contributed by atoms with van der Waals surface area (Å²) in [6.07, 6.45) is 6.68. The Morgan fingerprint density at radius 1 is 1.20 bits per heavy atom. The summed E-state index contributed by atoms with van der Waals surface area (Å²) in [4.78, 5) is 18.0. The Morgan fingerprint density at radius 3 is 2.48 bits per heavy atom. The van der Waals surface area contributed by atoms with Crippen molar-refractivity contribution in [3.05, 3.63) is 46.3 Å². The number of hydrogen-bond acceptors (Lipinski definition) is 3.